The minimum absolute atomic E-state index is 0.0651. The molecular weight excluding hydrogens is 314 g/mol. The molecule has 2 rings (SSSR count). The summed E-state index contributed by atoms with van der Waals surface area (Å²) in [6.07, 6.45) is 0.299. The predicted octanol–water partition coefficient (Wildman–Crippen LogP) is 3.78. The summed E-state index contributed by atoms with van der Waals surface area (Å²) < 4.78 is 10.6. The molecule has 122 valence electrons. The lowest BCUT2D eigenvalue weighted by atomic mass is 10.1. The van der Waals surface area contributed by atoms with E-state index < -0.39 is 0 Å². The summed E-state index contributed by atoms with van der Waals surface area (Å²) in [7, 11) is 3.21. The van der Waals surface area contributed by atoms with Gasteiger partial charge >= 0.3 is 0 Å². The largest absolute Gasteiger partial charge is 0.497 e. The maximum Gasteiger partial charge on any atom is 0.224 e. The Balaban J connectivity index is 2.07. The normalized spacial score (nSPS) is 11.7. The second-order valence-electron chi connectivity index (χ2n) is 5.20. The van der Waals surface area contributed by atoms with Crippen molar-refractivity contribution in [2.75, 3.05) is 14.2 Å². The van der Waals surface area contributed by atoms with Gasteiger partial charge in [-0.2, -0.15) is 0 Å². The van der Waals surface area contributed by atoms with Crippen LogP contribution in [0.4, 0.5) is 0 Å². The second-order valence-corrected chi connectivity index (χ2v) is 5.64. The van der Waals surface area contributed by atoms with E-state index in [1.807, 2.05) is 37.3 Å². The van der Waals surface area contributed by atoms with Gasteiger partial charge in [0.15, 0.2) is 0 Å². The van der Waals surface area contributed by atoms with Gasteiger partial charge < -0.3 is 14.8 Å². The maximum absolute atomic E-state index is 12.2. The fraction of sp³-hybridized carbons (Fsp3) is 0.278. The van der Waals surface area contributed by atoms with Crippen LogP contribution in [0.3, 0.4) is 0 Å². The molecule has 0 aromatic heterocycles. The lowest BCUT2D eigenvalue weighted by Gasteiger charge is -2.18. The zero-order valence-electron chi connectivity index (χ0n) is 13.4. The van der Waals surface area contributed by atoms with Crippen molar-refractivity contribution in [2.45, 2.75) is 19.4 Å². The summed E-state index contributed by atoms with van der Waals surface area (Å²) in [4.78, 5) is 12.2. The molecule has 1 amide bonds. The monoisotopic (exact) mass is 333 g/mol. The topological polar surface area (TPSA) is 47.6 Å². The molecule has 1 unspecified atom stereocenters. The fourth-order valence-corrected chi connectivity index (χ4v) is 2.46. The third-order valence-corrected chi connectivity index (χ3v) is 3.81. The Bertz CT molecular complexity index is 670. The average Bonchev–Trinajstić information content (AvgIpc) is 2.56. The summed E-state index contributed by atoms with van der Waals surface area (Å²) in [5.74, 6) is 1.37. The first-order chi connectivity index (χ1) is 11.0. The van der Waals surface area contributed by atoms with Crippen LogP contribution in [-0.2, 0) is 11.2 Å². The minimum Gasteiger partial charge on any atom is -0.497 e. The zero-order chi connectivity index (χ0) is 16.8. The number of hydrogen-bond donors (Lipinski definition) is 1. The lowest BCUT2D eigenvalue weighted by Crippen LogP contribution is -2.28. The number of amides is 1. The van der Waals surface area contributed by atoms with Crippen LogP contribution >= 0.6 is 11.6 Å². The number of benzene rings is 2. The minimum atomic E-state index is -0.195. The maximum atomic E-state index is 12.2. The van der Waals surface area contributed by atoms with E-state index in [4.69, 9.17) is 21.1 Å². The summed E-state index contributed by atoms with van der Waals surface area (Å²) in [5, 5.41) is 3.63. The number of carbonyl (C=O) groups is 1. The van der Waals surface area contributed by atoms with E-state index in [-0.39, 0.29) is 11.9 Å². The molecule has 0 saturated carbocycles. The molecule has 4 nitrogen and oxygen atoms in total. The van der Waals surface area contributed by atoms with Gasteiger partial charge in [-0.05, 0) is 42.8 Å². The number of nitrogens with one attached hydrogen (secondary N) is 1. The summed E-state index contributed by atoms with van der Waals surface area (Å²) >= 11 is 5.85. The van der Waals surface area contributed by atoms with E-state index in [0.717, 1.165) is 16.9 Å². The summed E-state index contributed by atoms with van der Waals surface area (Å²) in [6.45, 7) is 1.91. The van der Waals surface area contributed by atoms with Crippen molar-refractivity contribution >= 4 is 17.5 Å². The molecule has 1 N–H and O–H groups in total. The Morgan fingerprint density at radius 2 is 1.83 bits per heavy atom. The molecule has 0 aliphatic carbocycles. The van der Waals surface area contributed by atoms with Crippen molar-refractivity contribution < 1.29 is 14.3 Å². The molecule has 0 aliphatic heterocycles. The Morgan fingerprint density at radius 3 is 2.43 bits per heavy atom. The van der Waals surface area contributed by atoms with Crippen LogP contribution in [0, 0.1) is 0 Å². The highest BCUT2D eigenvalue weighted by Gasteiger charge is 2.15. The van der Waals surface area contributed by atoms with Crippen LogP contribution in [0.15, 0.2) is 42.5 Å². The third kappa shape index (κ3) is 4.63. The quantitative estimate of drug-likeness (QED) is 0.875. The van der Waals surface area contributed by atoms with Crippen LogP contribution in [0.2, 0.25) is 5.02 Å². The van der Waals surface area contributed by atoms with Crippen LogP contribution in [-0.4, -0.2) is 20.1 Å². The molecular formula is C18H20ClNO3. The molecule has 23 heavy (non-hydrogen) atoms. The number of rotatable bonds is 6. The first-order valence-corrected chi connectivity index (χ1v) is 7.67. The molecule has 1 atom stereocenters. The molecule has 5 heteroatoms. The molecule has 0 spiro atoms. The highest BCUT2D eigenvalue weighted by Crippen LogP contribution is 2.29. The van der Waals surface area contributed by atoms with Crippen LogP contribution in [0.1, 0.15) is 24.1 Å². The van der Waals surface area contributed by atoms with E-state index in [2.05, 4.69) is 5.32 Å². The SMILES string of the molecule is COc1ccc(OC)c(C(C)NC(=O)Cc2ccc(Cl)cc2)c1. The van der Waals surface area contributed by atoms with Gasteiger partial charge in [0.1, 0.15) is 11.5 Å². The summed E-state index contributed by atoms with van der Waals surface area (Å²) in [6, 6.07) is 12.6. The number of halogens is 1. The second kappa shape index (κ2) is 7.88. The standard InChI is InChI=1S/C18H20ClNO3/c1-12(16-11-15(22-2)8-9-17(16)23-3)20-18(21)10-13-4-6-14(19)7-5-13/h4-9,11-12H,10H2,1-3H3,(H,20,21). The van der Waals surface area contributed by atoms with Crippen LogP contribution in [0.5, 0.6) is 11.5 Å². The highest BCUT2D eigenvalue weighted by molar-refractivity contribution is 6.30. The number of ether oxygens (including phenoxy) is 2. The van der Waals surface area contributed by atoms with Gasteiger partial charge in [-0.3, -0.25) is 4.79 Å². The Labute approximate surface area is 141 Å². The van der Waals surface area contributed by atoms with Crippen molar-refractivity contribution in [2.24, 2.45) is 0 Å². The highest BCUT2D eigenvalue weighted by atomic mass is 35.5. The van der Waals surface area contributed by atoms with Crippen LogP contribution in [0.25, 0.3) is 0 Å². The van der Waals surface area contributed by atoms with Gasteiger partial charge in [0, 0.05) is 10.6 Å². The molecule has 0 bridgehead atoms. The van der Waals surface area contributed by atoms with E-state index in [0.29, 0.717) is 17.2 Å². The molecule has 0 saturated heterocycles. The van der Waals surface area contributed by atoms with Gasteiger partial charge in [-0.25, -0.2) is 0 Å². The van der Waals surface area contributed by atoms with Gasteiger partial charge in [-0.1, -0.05) is 23.7 Å². The molecule has 2 aromatic carbocycles. The molecule has 0 aliphatic rings. The zero-order valence-corrected chi connectivity index (χ0v) is 14.2. The van der Waals surface area contributed by atoms with Gasteiger partial charge in [0.05, 0.1) is 26.7 Å². The number of carbonyl (C=O) groups excluding carboxylic acids is 1. The van der Waals surface area contributed by atoms with E-state index in [1.54, 1.807) is 26.4 Å². The van der Waals surface area contributed by atoms with Gasteiger partial charge in [-0.15, -0.1) is 0 Å². The van der Waals surface area contributed by atoms with Crippen molar-refractivity contribution in [1.82, 2.24) is 5.32 Å². The molecule has 0 fully saturated rings. The first kappa shape index (κ1) is 17.2. The van der Waals surface area contributed by atoms with Crippen molar-refractivity contribution in [3.8, 4) is 11.5 Å². The van der Waals surface area contributed by atoms with Crippen LogP contribution < -0.4 is 14.8 Å². The van der Waals surface area contributed by atoms with E-state index >= 15 is 0 Å². The lowest BCUT2D eigenvalue weighted by molar-refractivity contribution is -0.121. The molecule has 2 aromatic rings. The van der Waals surface area contributed by atoms with Crippen molar-refractivity contribution in [3.63, 3.8) is 0 Å². The fourth-order valence-electron chi connectivity index (χ4n) is 2.34. The van der Waals surface area contributed by atoms with Crippen molar-refractivity contribution in [3.05, 3.63) is 58.6 Å². The van der Waals surface area contributed by atoms with Crippen molar-refractivity contribution in [1.29, 1.82) is 0 Å². The smallest absolute Gasteiger partial charge is 0.224 e. The average molecular weight is 334 g/mol. The number of methoxy groups -OCH3 is 2. The first-order valence-electron chi connectivity index (χ1n) is 7.29. The predicted molar refractivity (Wildman–Crippen MR) is 91.3 cm³/mol. The molecule has 0 radical (unpaired) electrons. The van der Waals surface area contributed by atoms with Gasteiger partial charge in [0.2, 0.25) is 5.91 Å². The Kier molecular flexibility index (Phi) is 5.88. The van der Waals surface area contributed by atoms with Gasteiger partial charge in [0.25, 0.3) is 0 Å². The Morgan fingerprint density at radius 1 is 1.13 bits per heavy atom. The number of hydrogen-bond acceptors (Lipinski definition) is 3. The molecule has 0 heterocycles. The third-order valence-electron chi connectivity index (χ3n) is 3.56. The summed E-state index contributed by atoms with van der Waals surface area (Å²) in [5.41, 5.74) is 1.79. The van der Waals surface area contributed by atoms with E-state index in [1.165, 1.54) is 0 Å². The van der Waals surface area contributed by atoms with E-state index in [9.17, 15) is 4.79 Å². The Hall–Kier alpha value is -2.20.